The molecule has 0 unspecified atom stereocenters. The van der Waals surface area contributed by atoms with Crippen molar-refractivity contribution in [1.29, 1.82) is 0 Å². The Hall–Kier alpha value is -3.58. The van der Waals surface area contributed by atoms with Crippen molar-refractivity contribution >= 4 is 34.4 Å². The van der Waals surface area contributed by atoms with Gasteiger partial charge in [-0.3, -0.25) is 9.59 Å². The highest BCUT2D eigenvalue weighted by molar-refractivity contribution is 7.98. The highest BCUT2D eigenvalue weighted by Crippen LogP contribution is 2.24. The molecule has 0 aliphatic rings. The van der Waals surface area contributed by atoms with Gasteiger partial charge >= 0.3 is 0 Å². The van der Waals surface area contributed by atoms with E-state index in [2.05, 4.69) is 15.3 Å². The first-order valence-electron chi connectivity index (χ1n) is 10.6. The number of carbonyl (C=O) groups is 1. The summed E-state index contributed by atoms with van der Waals surface area (Å²) in [5.41, 5.74) is 5.75. The van der Waals surface area contributed by atoms with E-state index in [0.717, 1.165) is 44.1 Å². The number of nitrogens with zero attached hydrogens (tertiary/aromatic N) is 1. The van der Waals surface area contributed by atoms with Gasteiger partial charge in [0.25, 0.3) is 5.56 Å². The van der Waals surface area contributed by atoms with Gasteiger partial charge in [-0.2, -0.15) is 0 Å². The van der Waals surface area contributed by atoms with Crippen LogP contribution in [0.4, 0.5) is 5.69 Å². The summed E-state index contributed by atoms with van der Waals surface area (Å²) in [6.45, 7) is 4.05. The van der Waals surface area contributed by atoms with Crippen molar-refractivity contribution in [3.05, 3.63) is 93.4 Å². The first kappa shape index (κ1) is 22.6. The van der Waals surface area contributed by atoms with Gasteiger partial charge in [0.1, 0.15) is 11.4 Å². The van der Waals surface area contributed by atoms with Crippen molar-refractivity contribution in [2.24, 2.45) is 0 Å². The van der Waals surface area contributed by atoms with Gasteiger partial charge < -0.3 is 15.0 Å². The standard InChI is InChI=1S/C26H25N3O3S/c1-16-11-22-23(12-17(16)2)29-26(31)24(28-22)15-33-21-9-7-19(8-10-21)27-25(30)14-18-5-4-6-20(13-18)32-3/h4-13H,14-15H2,1-3H3,(H,27,30)(H,29,31). The van der Waals surface area contributed by atoms with Crippen LogP contribution in [0, 0.1) is 13.8 Å². The molecular formula is C26H25N3O3S. The number of nitrogens with one attached hydrogen (secondary N) is 2. The van der Waals surface area contributed by atoms with Crippen molar-refractivity contribution in [1.82, 2.24) is 9.97 Å². The molecule has 0 fully saturated rings. The molecule has 0 spiro atoms. The molecule has 0 aliphatic heterocycles. The number of hydrogen-bond acceptors (Lipinski definition) is 5. The average molecular weight is 460 g/mol. The Morgan fingerprint density at radius 2 is 1.82 bits per heavy atom. The Bertz CT molecular complexity index is 1360. The Morgan fingerprint density at radius 1 is 1.06 bits per heavy atom. The predicted octanol–water partition coefficient (Wildman–Crippen LogP) is 5.02. The summed E-state index contributed by atoms with van der Waals surface area (Å²) in [6.07, 6.45) is 0.267. The Morgan fingerprint density at radius 3 is 2.58 bits per heavy atom. The Kier molecular flexibility index (Phi) is 6.79. The zero-order chi connectivity index (χ0) is 23.4. The molecule has 0 saturated carbocycles. The number of H-pyrrole nitrogens is 1. The SMILES string of the molecule is COc1cccc(CC(=O)Nc2ccc(SCc3nc4cc(C)c(C)cc4[nH]c3=O)cc2)c1. The fourth-order valence-corrected chi connectivity index (χ4v) is 4.27. The molecule has 0 radical (unpaired) electrons. The number of rotatable bonds is 7. The molecule has 0 atom stereocenters. The van der Waals surface area contributed by atoms with E-state index in [9.17, 15) is 9.59 Å². The first-order chi connectivity index (χ1) is 15.9. The third-order valence-corrected chi connectivity index (χ3v) is 6.41. The molecular weight excluding hydrogens is 434 g/mol. The van der Waals surface area contributed by atoms with Gasteiger partial charge in [-0.15, -0.1) is 11.8 Å². The van der Waals surface area contributed by atoms with Crippen LogP contribution in [0.3, 0.4) is 0 Å². The summed E-state index contributed by atoms with van der Waals surface area (Å²) in [7, 11) is 1.60. The number of ether oxygens (including phenoxy) is 1. The summed E-state index contributed by atoms with van der Waals surface area (Å²) < 4.78 is 5.20. The maximum atomic E-state index is 12.4. The smallest absolute Gasteiger partial charge is 0.271 e. The van der Waals surface area contributed by atoms with Crippen LogP contribution < -0.4 is 15.6 Å². The third-order valence-electron chi connectivity index (χ3n) is 5.39. The molecule has 168 valence electrons. The van der Waals surface area contributed by atoms with E-state index < -0.39 is 0 Å². The van der Waals surface area contributed by atoms with E-state index in [4.69, 9.17) is 4.74 Å². The number of fused-ring (bicyclic) bond motifs is 1. The van der Waals surface area contributed by atoms with Crippen LogP contribution in [0.1, 0.15) is 22.4 Å². The van der Waals surface area contributed by atoms with E-state index in [1.54, 1.807) is 7.11 Å². The number of carbonyl (C=O) groups excluding carboxylic acids is 1. The highest BCUT2D eigenvalue weighted by atomic mass is 32.2. The molecule has 0 aliphatic carbocycles. The number of amides is 1. The molecule has 4 aromatic rings. The quantitative estimate of drug-likeness (QED) is 0.379. The normalized spacial score (nSPS) is 10.9. The lowest BCUT2D eigenvalue weighted by molar-refractivity contribution is -0.115. The lowest BCUT2D eigenvalue weighted by Crippen LogP contribution is -2.14. The molecule has 0 bridgehead atoms. The Balaban J connectivity index is 1.37. The summed E-state index contributed by atoms with van der Waals surface area (Å²) in [5.74, 6) is 1.09. The molecule has 1 aromatic heterocycles. The number of hydrogen-bond donors (Lipinski definition) is 2. The van der Waals surface area contributed by atoms with Gasteiger partial charge in [0, 0.05) is 16.3 Å². The summed E-state index contributed by atoms with van der Waals surface area (Å²) >= 11 is 1.53. The van der Waals surface area contributed by atoms with Gasteiger partial charge in [0.15, 0.2) is 0 Å². The third kappa shape index (κ3) is 5.62. The van der Waals surface area contributed by atoms with E-state index in [1.807, 2.05) is 74.5 Å². The second-order valence-corrected chi connectivity index (χ2v) is 8.90. The molecule has 3 aromatic carbocycles. The van der Waals surface area contributed by atoms with Crippen molar-refractivity contribution in [3.8, 4) is 5.75 Å². The zero-order valence-electron chi connectivity index (χ0n) is 18.8. The van der Waals surface area contributed by atoms with Crippen LogP contribution in [-0.2, 0) is 17.0 Å². The van der Waals surface area contributed by atoms with E-state index in [-0.39, 0.29) is 17.9 Å². The minimum Gasteiger partial charge on any atom is -0.497 e. The summed E-state index contributed by atoms with van der Waals surface area (Å²) in [5, 5.41) is 2.91. The average Bonchev–Trinajstić information content (AvgIpc) is 2.80. The number of aryl methyl sites for hydroxylation is 2. The largest absolute Gasteiger partial charge is 0.497 e. The lowest BCUT2D eigenvalue weighted by atomic mass is 10.1. The molecule has 1 amide bonds. The van der Waals surface area contributed by atoms with Gasteiger partial charge in [0.2, 0.25) is 5.91 Å². The van der Waals surface area contributed by atoms with Crippen molar-refractivity contribution in [2.75, 3.05) is 12.4 Å². The number of benzene rings is 3. The minimum absolute atomic E-state index is 0.0962. The number of methoxy groups -OCH3 is 1. The molecule has 6 nitrogen and oxygen atoms in total. The maximum absolute atomic E-state index is 12.4. The number of aromatic nitrogens is 2. The number of anilines is 1. The Labute approximate surface area is 196 Å². The second-order valence-electron chi connectivity index (χ2n) is 7.86. The van der Waals surface area contributed by atoms with E-state index in [1.165, 1.54) is 11.8 Å². The van der Waals surface area contributed by atoms with Crippen LogP contribution in [0.2, 0.25) is 0 Å². The maximum Gasteiger partial charge on any atom is 0.271 e. The van der Waals surface area contributed by atoms with Crippen molar-refractivity contribution in [3.63, 3.8) is 0 Å². The molecule has 33 heavy (non-hydrogen) atoms. The van der Waals surface area contributed by atoms with Gasteiger partial charge in [-0.05, 0) is 79.1 Å². The van der Waals surface area contributed by atoms with Crippen molar-refractivity contribution < 1.29 is 9.53 Å². The summed E-state index contributed by atoms with van der Waals surface area (Å²) in [4.78, 5) is 33.3. The van der Waals surface area contributed by atoms with Crippen LogP contribution in [0.25, 0.3) is 11.0 Å². The predicted molar refractivity (Wildman–Crippen MR) is 133 cm³/mol. The topological polar surface area (TPSA) is 84.1 Å². The molecule has 0 saturated heterocycles. The minimum atomic E-state index is -0.167. The van der Waals surface area contributed by atoms with Gasteiger partial charge in [0.05, 0.1) is 24.6 Å². The first-order valence-corrected chi connectivity index (χ1v) is 11.6. The summed E-state index contributed by atoms with van der Waals surface area (Å²) in [6, 6.07) is 19.0. The van der Waals surface area contributed by atoms with Crippen LogP contribution in [0.5, 0.6) is 5.75 Å². The fourth-order valence-electron chi connectivity index (χ4n) is 3.44. The highest BCUT2D eigenvalue weighted by Gasteiger charge is 2.09. The molecule has 4 rings (SSSR count). The van der Waals surface area contributed by atoms with E-state index >= 15 is 0 Å². The van der Waals surface area contributed by atoms with Crippen LogP contribution in [-0.4, -0.2) is 23.0 Å². The molecule has 7 heteroatoms. The number of aromatic amines is 1. The number of thioether (sulfide) groups is 1. The van der Waals surface area contributed by atoms with Crippen LogP contribution >= 0.6 is 11.8 Å². The lowest BCUT2D eigenvalue weighted by Gasteiger charge is -2.08. The van der Waals surface area contributed by atoms with E-state index in [0.29, 0.717) is 11.4 Å². The molecule has 1 heterocycles. The van der Waals surface area contributed by atoms with Crippen LogP contribution in [0.15, 0.2) is 70.4 Å². The molecule has 2 N–H and O–H groups in total. The monoisotopic (exact) mass is 459 g/mol. The zero-order valence-corrected chi connectivity index (χ0v) is 19.6. The van der Waals surface area contributed by atoms with Gasteiger partial charge in [-0.1, -0.05) is 12.1 Å². The fraction of sp³-hybridized carbons (Fsp3) is 0.192. The van der Waals surface area contributed by atoms with Gasteiger partial charge in [-0.25, -0.2) is 4.98 Å². The second kappa shape index (κ2) is 9.92. The van der Waals surface area contributed by atoms with Crippen molar-refractivity contribution in [2.45, 2.75) is 30.9 Å².